The summed E-state index contributed by atoms with van der Waals surface area (Å²) >= 11 is 5.82. The smallest absolute Gasteiger partial charge is 0.212 e. The van der Waals surface area contributed by atoms with Crippen molar-refractivity contribution in [1.29, 1.82) is 0 Å². The maximum absolute atomic E-state index is 5.82. The second-order valence-corrected chi connectivity index (χ2v) is 3.74. The van der Waals surface area contributed by atoms with Gasteiger partial charge in [0.2, 0.25) is 5.89 Å². The molecule has 0 fully saturated rings. The van der Waals surface area contributed by atoms with Gasteiger partial charge >= 0.3 is 0 Å². The standard InChI is InChI=1S/C10H10ClNO2/c1-6-3-4-8(13-6)9-5-12-10(14-9)7(2)11/h3-5,7H,1-2H3. The number of rotatable bonds is 2. The first-order valence-corrected chi connectivity index (χ1v) is 4.77. The second kappa shape index (κ2) is 3.50. The molecule has 74 valence electrons. The topological polar surface area (TPSA) is 39.2 Å². The van der Waals surface area contributed by atoms with E-state index >= 15 is 0 Å². The van der Waals surface area contributed by atoms with Gasteiger partial charge in [-0.3, -0.25) is 0 Å². The molecule has 1 unspecified atom stereocenters. The Labute approximate surface area is 86.7 Å². The molecule has 0 bridgehead atoms. The van der Waals surface area contributed by atoms with Crippen molar-refractivity contribution in [3.05, 3.63) is 30.0 Å². The van der Waals surface area contributed by atoms with Crippen LogP contribution in [0.25, 0.3) is 11.5 Å². The van der Waals surface area contributed by atoms with E-state index in [-0.39, 0.29) is 5.38 Å². The summed E-state index contributed by atoms with van der Waals surface area (Å²) in [5.74, 6) is 2.65. The van der Waals surface area contributed by atoms with E-state index in [1.54, 1.807) is 6.20 Å². The molecule has 0 aliphatic rings. The van der Waals surface area contributed by atoms with E-state index in [0.717, 1.165) is 5.76 Å². The molecule has 14 heavy (non-hydrogen) atoms. The summed E-state index contributed by atoms with van der Waals surface area (Å²) in [6, 6.07) is 3.72. The molecule has 2 heterocycles. The average molecular weight is 212 g/mol. The number of hydrogen-bond donors (Lipinski definition) is 0. The molecule has 0 spiro atoms. The number of aryl methyl sites for hydroxylation is 1. The van der Waals surface area contributed by atoms with Gasteiger partial charge in [-0.05, 0) is 26.0 Å². The molecule has 4 heteroatoms. The average Bonchev–Trinajstić information content (AvgIpc) is 2.70. The Morgan fingerprint density at radius 3 is 2.57 bits per heavy atom. The number of nitrogens with zero attached hydrogens (tertiary/aromatic N) is 1. The van der Waals surface area contributed by atoms with Gasteiger partial charge in [-0.2, -0.15) is 0 Å². The van der Waals surface area contributed by atoms with Crippen LogP contribution in [0, 0.1) is 6.92 Å². The minimum Gasteiger partial charge on any atom is -0.458 e. The summed E-state index contributed by atoms with van der Waals surface area (Å²) in [5, 5.41) is -0.222. The molecule has 0 aromatic carbocycles. The van der Waals surface area contributed by atoms with Gasteiger partial charge in [0, 0.05) is 0 Å². The van der Waals surface area contributed by atoms with Crippen LogP contribution in [0.1, 0.15) is 24.0 Å². The van der Waals surface area contributed by atoms with E-state index in [1.807, 2.05) is 26.0 Å². The Morgan fingerprint density at radius 2 is 2.07 bits per heavy atom. The zero-order valence-corrected chi connectivity index (χ0v) is 8.71. The number of oxazole rings is 1. The van der Waals surface area contributed by atoms with Crippen LogP contribution >= 0.6 is 11.6 Å². The van der Waals surface area contributed by atoms with Gasteiger partial charge in [0.15, 0.2) is 11.5 Å². The van der Waals surface area contributed by atoms with Crippen molar-refractivity contribution in [3.8, 4) is 11.5 Å². The highest BCUT2D eigenvalue weighted by Crippen LogP contribution is 2.26. The van der Waals surface area contributed by atoms with Crippen LogP contribution in [-0.4, -0.2) is 4.98 Å². The molecule has 0 aliphatic heterocycles. The van der Waals surface area contributed by atoms with Gasteiger partial charge in [-0.25, -0.2) is 4.98 Å². The third kappa shape index (κ3) is 1.68. The van der Waals surface area contributed by atoms with Crippen molar-refractivity contribution in [1.82, 2.24) is 4.98 Å². The van der Waals surface area contributed by atoms with E-state index in [4.69, 9.17) is 20.4 Å². The number of aromatic nitrogens is 1. The largest absolute Gasteiger partial charge is 0.458 e. The van der Waals surface area contributed by atoms with Gasteiger partial charge in [0.1, 0.15) is 11.1 Å². The van der Waals surface area contributed by atoms with Crippen molar-refractivity contribution in [2.75, 3.05) is 0 Å². The zero-order chi connectivity index (χ0) is 10.1. The molecule has 3 nitrogen and oxygen atoms in total. The van der Waals surface area contributed by atoms with Crippen molar-refractivity contribution in [2.45, 2.75) is 19.2 Å². The summed E-state index contributed by atoms with van der Waals surface area (Å²) in [7, 11) is 0. The van der Waals surface area contributed by atoms with E-state index in [9.17, 15) is 0 Å². The maximum Gasteiger partial charge on any atom is 0.212 e. The lowest BCUT2D eigenvalue weighted by Gasteiger charge is -1.93. The Kier molecular flexibility index (Phi) is 2.33. The summed E-state index contributed by atoms with van der Waals surface area (Å²) < 4.78 is 10.8. The van der Waals surface area contributed by atoms with Crippen LogP contribution in [0.3, 0.4) is 0 Å². The van der Waals surface area contributed by atoms with Crippen LogP contribution in [0.4, 0.5) is 0 Å². The lowest BCUT2D eigenvalue weighted by atomic mass is 10.4. The predicted molar refractivity (Wildman–Crippen MR) is 53.2 cm³/mol. The van der Waals surface area contributed by atoms with Crippen LogP contribution in [0.5, 0.6) is 0 Å². The first kappa shape index (κ1) is 9.34. The summed E-state index contributed by atoms with van der Waals surface area (Å²) in [6.45, 7) is 3.69. The molecule has 2 aromatic heterocycles. The fourth-order valence-corrected chi connectivity index (χ4v) is 1.25. The molecule has 0 N–H and O–H groups in total. The Hall–Kier alpha value is -1.22. The highest BCUT2D eigenvalue weighted by atomic mass is 35.5. The summed E-state index contributed by atoms with van der Waals surface area (Å²) in [4.78, 5) is 4.04. The predicted octanol–water partition coefficient (Wildman–Crippen LogP) is 3.54. The van der Waals surface area contributed by atoms with Gasteiger partial charge in [0.25, 0.3) is 0 Å². The Balaban J connectivity index is 2.33. The number of hydrogen-bond acceptors (Lipinski definition) is 3. The molecular weight excluding hydrogens is 202 g/mol. The second-order valence-electron chi connectivity index (χ2n) is 3.09. The molecule has 0 amide bonds. The highest BCUT2D eigenvalue weighted by molar-refractivity contribution is 6.20. The van der Waals surface area contributed by atoms with Gasteiger partial charge in [0.05, 0.1) is 6.20 Å². The minimum atomic E-state index is -0.222. The van der Waals surface area contributed by atoms with Gasteiger partial charge in [-0.15, -0.1) is 11.6 Å². The molecule has 2 rings (SSSR count). The molecule has 0 aliphatic carbocycles. The first-order chi connectivity index (χ1) is 6.66. The van der Waals surface area contributed by atoms with Crippen molar-refractivity contribution < 1.29 is 8.83 Å². The Morgan fingerprint density at radius 1 is 1.29 bits per heavy atom. The lowest BCUT2D eigenvalue weighted by molar-refractivity contribution is 0.475. The van der Waals surface area contributed by atoms with Crippen LogP contribution in [-0.2, 0) is 0 Å². The third-order valence-corrected chi connectivity index (χ3v) is 2.03. The lowest BCUT2D eigenvalue weighted by Crippen LogP contribution is -1.80. The fraction of sp³-hybridized carbons (Fsp3) is 0.300. The summed E-state index contributed by atoms with van der Waals surface area (Å²) in [6.07, 6.45) is 1.62. The number of halogens is 1. The maximum atomic E-state index is 5.82. The van der Waals surface area contributed by atoms with Gasteiger partial charge in [-0.1, -0.05) is 0 Å². The van der Waals surface area contributed by atoms with E-state index in [1.165, 1.54) is 0 Å². The number of furan rings is 1. The molecule has 2 aromatic rings. The van der Waals surface area contributed by atoms with E-state index in [2.05, 4.69) is 4.98 Å². The Bertz CT molecular complexity index is 431. The SMILES string of the molecule is Cc1ccc(-c2cnc(C(C)Cl)o2)o1. The molecule has 1 atom stereocenters. The summed E-state index contributed by atoms with van der Waals surface area (Å²) in [5.41, 5.74) is 0. The van der Waals surface area contributed by atoms with E-state index in [0.29, 0.717) is 17.4 Å². The van der Waals surface area contributed by atoms with Gasteiger partial charge < -0.3 is 8.83 Å². The van der Waals surface area contributed by atoms with Crippen LogP contribution in [0.2, 0.25) is 0 Å². The van der Waals surface area contributed by atoms with Crippen molar-refractivity contribution in [2.24, 2.45) is 0 Å². The van der Waals surface area contributed by atoms with Crippen LogP contribution in [0.15, 0.2) is 27.2 Å². The third-order valence-electron chi connectivity index (χ3n) is 1.85. The molecule has 0 saturated heterocycles. The number of alkyl halides is 1. The van der Waals surface area contributed by atoms with Crippen molar-refractivity contribution >= 4 is 11.6 Å². The monoisotopic (exact) mass is 211 g/mol. The quantitative estimate of drug-likeness (QED) is 0.714. The van der Waals surface area contributed by atoms with Crippen LogP contribution < -0.4 is 0 Å². The first-order valence-electron chi connectivity index (χ1n) is 4.33. The molecule has 0 saturated carbocycles. The molecular formula is C10H10ClNO2. The highest BCUT2D eigenvalue weighted by Gasteiger charge is 2.12. The zero-order valence-electron chi connectivity index (χ0n) is 7.95. The fourth-order valence-electron chi connectivity index (χ4n) is 1.15. The normalized spacial score (nSPS) is 13.1. The molecule has 0 radical (unpaired) electrons. The van der Waals surface area contributed by atoms with Crippen molar-refractivity contribution in [3.63, 3.8) is 0 Å². The van der Waals surface area contributed by atoms with E-state index < -0.39 is 0 Å². The minimum absolute atomic E-state index is 0.222.